The molecule has 374 valence electrons. The SMILES string of the molecule is CCCCCCCCCC/C=C\CCCCCCCCCCCC(=O)NC(COC1OC(CO)C(O)C(O)C1O)C(O)CCCCCCCCCCCCCCCCCCCCC. The second-order valence-corrected chi connectivity index (χ2v) is 19.4. The summed E-state index contributed by atoms with van der Waals surface area (Å²) >= 11 is 0. The molecule has 9 heteroatoms. The van der Waals surface area contributed by atoms with Gasteiger partial charge in [0.15, 0.2) is 6.29 Å². The van der Waals surface area contributed by atoms with E-state index >= 15 is 0 Å². The van der Waals surface area contributed by atoms with Crippen LogP contribution in [0.15, 0.2) is 12.2 Å². The van der Waals surface area contributed by atoms with Crippen LogP contribution in [0.2, 0.25) is 0 Å². The van der Waals surface area contributed by atoms with Gasteiger partial charge in [0.2, 0.25) is 5.91 Å². The first-order valence-corrected chi connectivity index (χ1v) is 27.4. The number of ether oxygens (including phenoxy) is 2. The predicted molar refractivity (Wildman–Crippen MR) is 263 cm³/mol. The average molecular weight is 896 g/mol. The van der Waals surface area contributed by atoms with E-state index in [1.54, 1.807) is 0 Å². The van der Waals surface area contributed by atoms with Crippen LogP contribution in [0.4, 0.5) is 0 Å². The lowest BCUT2D eigenvalue weighted by Crippen LogP contribution is -2.60. The Bertz CT molecular complexity index is 997. The highest BCUT2D eigenvalue weighted by Gasteiger charge is 2.44. The third-order valence-electron chi connectivity index (χ3n) is 13.4. The Kier molecular flexibility index (Phi) is 42.6. The predicted octanol–water partition coefficient (Wildman–Crippen LogP) is 12.8. The highest BCUT2D eigenvalue weighted by molar-refractivity contribution is 5.76. The number of hydrogen-bond donors (Lipinski definition) is 6. The molecular weight excluding hydrogens is 791 g/mol. The standard InChI is InChI=1S/C54H105NO8/c1-3-5-7-9-11-13-15-17-19-21-23-24-26-28-30-32-34-36-38-40-42-44-50(58)55-47(46-62-54-53(61)52(60)51(59)49(45-56)63-54)48(57)43-41-39-37-35-33-31-29-27-25-22-20-18-16-14-12-10-8-6-4-2/h21,23,47-49,51-54,56-57,59-61H,3-20,22,24-46H2,1-2H3,(H,55,58)/b23-21-. The van der Waals surface area contributed by atoms with E-state index in [1.165, 1.54) is 205 Å². The molecule has 7 atom stereocenters. The molecular formula is C54H105NO8. The van der Waals surface area contributed by atoms with E-state index in [2.05, 4.69) is 31.3 Å². The molecule has 9 nitrogen and oxygen atoms in total. The zero-order valence-corrected chi connectivity index (χ0v) is 41.4. The van der Waals surface area contributed by atoms with Gasteiger partial charge in [-0.1, -0.05) is 238 Å². The van der Waals surface area contributed by atoms with E-state index < -0.39 is 49.5 Å². The first-order valence-electron chi connectivity index (χ1n) is 27.4. The van der Waals surface area contributed by atoms with Crippen molar-refractivity contribution in [3.63, 3.8) is 0 Å². The number of rotatable bonds is 47. The van der Waals surface area contributed by atoms with Gasteiger partial charge in [-0.05, 0) is 38.5 Å². The van der Waals surface area contributed by atoms with Crippen LogP contribution in [-0.4, -0.2) is 87.5 Å². The number of amides is 1. The fourth-order valence-electron chi connectivity index (χ4n) is 8.98. The Morgan fingerprint density at radius 3 is 1.29 bits per heavy atom. The highest BCUT2D eigenvalue weighted by atomic mass is 16.7. The van der Waals surface area contributed by atoms with Gasteiger partial charge in [0.25, 0.3) is 0 Å². The molecule has 0 aliphatic carbocycles. The molecule has 1 heterocycles. The summed E-state index contributed by atoms with van der Waals surface area (Å²) in [6.45, 7) is 3.87. The third-order valence-corrected chi connectivity index (χ3v) is 13.4. The van der Waals surface area contributed by atoms with E-state index in [4.69, 9.17) is 9.47 Å². The van der Waals surface area contributed by atoms with Gasteiger partial charge in [-0.3, -0.25) is 4.79 Å². The summed E-state index contributed by atoms with van der Waals surface area (Å²) in [6, 6.07) is -0.717. The number of carbonyl (C=O) groups excluding carboxylic acids is 1. The van der Waals surface area contributed by atoms with Crippen molar-refractivity contribution < 1.29 is 39.8 Å². The van der Waals surface area contributed by atoms with Gasteiger partial charge in [-0.2, -0.15) is 0 Å². The van der Waals surface area contributed by atoms with Gasteiger partial charge in [-0.25, -0.2) is 0 Å². The smallest absolute Gasteiger partial charge is 0.220 e. The fourth-order valence-corrected chi connectivity index (χ4v) is 8.98. The Morgan fingerprint density at radius 2 is 0.889 bits per heavy atom. The van der Waals surface area contributed by atoms with Crippen molar-refractivity contribution in [2.75, 3.05) is 13.2 Å². The van der Waals surface area contributed by atoms with Crippen LogP contribution in [0, 0.1) is 0 Å². The Hall–Kier alpha value is -1.07. The number of carbonyl (C=O) groups is 1. The zero-order valence-electron chi connectivity index (χ0n) is 41.4. The van der Waals surface area contributed by atoms with Crippen LogP contribution in [0.25, 0.3) is 0 Å². The second-order valence-electron chi connectivity index (χ2n) is 19.4. The largest absolute Gasteiger partial charge is 0.394 e. The number of nitrogens with one attached hydrogen (secondary N) is 1. The topological polar surface area (TPSA) is 149 Å². The normalized spacial score (nSPS) is 20.1. The molecule has 1 aliphatic heterocycles. The summed E-state index contributed by atoms with van der Waals surface area (Å²) in [4.78, 5) is 13.0. The maximum Gasteiger partial charge on any atom is 0.220 e. The van der Waals surface area contributed by atoms with Crippen molar-refractivity contribution in [2.45, 2.75) is 314 Å². The summed E-state index contributed by atoms with van der Waals surface area (Å²) in [5.41, 5.74) is 0. The lowest BCUT2D eigenvalue weighted by Gasteiger charge is -2.40. The number of aliphatic hydroxyl groups excluding tert-OH is 5. The maximum absolute atomic E-state index is 13.0. The van der Waals surface area contributed by atoms with Gasteiger partial charge < -0.3 is 40.3 Å². The summed E-state index contributed by atoms with van der Waals surface area (Å²) in [5.74, 6) is -0.142. The number of allylic oxidation sites excluding steroid dienone is 2. The van der Waals surface area contributed by atoms with Crippen molar-refractivity contribution in [3.8, 4) is 0 Å². The molecule has 0 bridgehead atoms. The van der Waals surface area contributed by atoms with Gasteiger partial charge in [-0.15, -0.1) is 0 Å². The highest BCUT2D eigenvalue weighted by Crippen LogP contribution is 2.23. The molecule has 0 aromatic rings. The van der Waals surface area contributed by atoms with Gasteiger partial charge in [0.1, 0.15) is 24.4 Å². The molecule has 6 N–H and O–H groups in total. The number of hydrogen-bond acceptors (Lipinski definition) is 8. The Morgan fingerprint density at radius 1 is 0.524 bits per heavy atom. The van der Waals surface area contributed by atoms with E-state index in [1.807, 2.05) is 0 Å². The number of unbranched alkanes of at least 4 members (excludes halogenated alkanes) is 35. The molecule has 1 fully saturated rings. The molecule has 63 heavy (non-hydrogen) atoms. The Balaban J connectivity index is 2.23. The fraction of sp³-hybridized carbons (Fsp3) is 0.944. The lowest BCUT2D eigenvalue weighted by molar-refractivity contribution is -0.302. The quantitative estimate of drug-likeness (QED) is 0.0261. The van der Waals surface area contributed by atoms with Crippen molar-refractivity contribution >= 4 is 5.91 Å². The van der Waals surface area contributed by atoms with Crippen molar-refractivity contribution in [3.05, 3.63) is 12.2 Å². The van der Waals surface area contributed by atoms with Gasteiger partial charge in [0, 0.05) is 6.42 Å². The molecule has 0 spiro atoms. The van der Waals surface area contributed by atoms with Crippen LogP contribution < -0.4 is 5.32 Å². The molecule has 1 saturated heterocycles. The second kappa shape index (κ2) is 44.7. The van der Waals surface area contributed by atoms with Gasteiger partial charge in [0.05, 0.1) is 25.4 Å². The molecule has 0 aromatic heterocycles. The minimum Gasteiger partial charge on any atom is -0.394 e. The zero-order chi connectivity index (χ0) is 45.9. The summed E-state index contributed by atoms with van der Waals surface area (Å²) in [5, 5.41) is 54.6. The Labute approximate surface area is 388 Å². The molecule has 0 radical (unpaired) electrons. The van der Waals surface area contributed by atoms with Crippen LogP contribution in [0.1, 0.15) is 271 Å². The first-order chi connectivity index (χ1) is 30.8. The molecule has 7 unspecified atom stereocenters. The minimum atomic E-state index is -1.55. The molecule has 1 aliphatic rings. The third kappa shape index (κ3) is 34.8. The molecule has 1 rings (SSSR count). The summed E-state index contributed by atoms with van der Waals surface area (Å²) in [7, 11) is 0. The van der Waals surface area contributed by atoms with Crippen LogP contribution >= 0.6 is 0 Å². The molecule has 0 aromatic carbocycles. The average Bonchev–Trinajstić information content (AvgIpc) is 3.28. The van der Waals surface area contributed by atoms with Gasteiger partial charge >= 0.3 is 0 Å². The maximum atomic E-state index is 13.0. The summed E-state index contributed by atoms with van der Waals surface area (Å²) in [6.07, 6.45) is 46.5. The monoisotopic (exact) mass is 896 g/mol. The van der Waals surface area contributed by atoms with Crippen LogP contribution in [0.3, 0.4) is 0 Å². The van der Waals surface area contributed by atoms with Crippen molar-refractivity contribution in [1.82, 2.24) is 5.32 Å². The van der Waals surface area contributed by atoms with E-state index in [0.29, 0.717) is 12.8 Å². The van der Waals surface area contributed by atoms with Crippen LogP contribution in [0.5, 0.6) is 0 Å². The van der Waals surface area contributed by atoms with E-state index in [9.17, 15) is 30.3 Å². The summed E-state index contributed by atoms with van der Waals surface area (Å²) < 4.78 is 11.3. The van der Waals surface area contributed by atoms with E-state index in [-0.39, 0.29) is 12.5 Å². The number of aliphatic hydroxyl groups is 5. The lowest BCUT2D eigenvalue weighted by atomic mass is 9.99. The van der Waals surface area contributed by atoms with E-state index in [0.717, 1.165) is 38.5 Å². The minimum absolute atomic E-state index is 0.135. The molecule has 1 amide bonds. The molecule has 0 saturated carbocycles. The van der Waals surface area contributed by atoms with Crippen molar-refractivity contribution in [1.29, 1.82) is 0 Å². The first kappa shape index (κ1) is 59.9. The van der Waals surface area contributed by atoms with Crippen molar-refractivity contribution in [2.24, 2.45) is 0 Å². The van der Waals surface area contributed by atoms with Crippen LogP contribution in [-0.2, 0) is 14.3 Å².